The molecule has 8 heteroatoms. The topological polar surface area (TPSA) is 73.0 Å². The normalized spacial score (nSPS) is 14.4. The second kappa shape index (κ2) is 5.21. The SMILES string of the molecule is O=[N+]([O-])c1cc(-n2ccc(CNC3CC3)n2)c(F)cc1F. The first kappa shape index (κ1) is 13.6. The third kappa shape index (κ3) is 2.89. The summed E-state index contributed by atoms with van der Waals surface area (Å²) in [5, 5.41) is 18.1. The first-order valence-corrected chi connectivity index (χ1v) is 6.46. The first-order valence-electron chi connectivity index (χ1n) is 6.46. The number of nitro benzene ring substituents is 1. The average molecular weight is 294 g/mol. The van der Waals surface area contributed by atoms with Gasteiger partial charge in [-0.3, -0.25) is 10.1 Å². The molecule has 1 N–H and O–H groups in total. The van der Waals surface area contributed by atoms with Gasteiger partial charge in [-0.1, -0.05) is 0 Å². The van der Waals surface area contributed by atoms with Crippen molar-refractivity contribution in [1.82, 2.24) is 15.1 Å². The number of nitro groups is 1. The molecule has 2 aromatic rings. The van der Waals surface area contributed by atoms with Crippen LogP contribution in [-0.4, -0.2) is 20.7 Å². The van der Waals surface area contributed by atoms with Crippen molar-refractivity contribution >= 4 is 5.69 Å². The molecule has 6 nitrogen and oxygen atoms in total. The molecule has 1 aliphatic carbocycles. The van der Waals surface area contributed by atoms with Gasteiger partial charge in [0.1, 0.15) is 5.69 Å². The van der Waals surface area contributed by atoms with E-state index in [2.05, 4.69) is 10.4 Å². The highest BCUT2D eigenvalue weighted by atomic mass is 19.1. The molecule has 0 amide bonds. The summed E-state index contributed by atoms with van der Waals surface area (Å²) < 4.78 is 28.2. The molecule has 0 spiro atoms. The molecule has 1 fully saturated rings. The Morgan fingerprint density at radius 3 is 2.81 bits per heavy atom. The summed E-state index contributed by atoms with van der Waals surface area (Å²) in [6.07, 6.45) is 3.77. The highest BCUT2D eigenvalue weighted by Gasteiger charge is 2.22. The minimum atomic E-state index is -1.20. The molecule has 0 saturated heterocycles. The summed E-state index contributed by atoms with van der Waals surface area (Å²) in [6, 6.07) is 3.54. The van der Waals surface area contributed by atoms with Crippen LogP contribution in [0.15, 0.2) is 24.4 Å². The number of hydrogen-bond acceptors (Lipinski definition) is 4. The van der Waals surface area contributed by atoms with Gasteiger partial charge in [-0.25, -0.2) is 9.07 Å². The van der Waals surface area contributed by atoms with Crippen molar-refractivity contribution < 1.29 is 13.7 Å². The summed E-state index contributed by atoms with van der Waals surface area (Å²) in [4.78, 5) is 9.82. The standard InChI is InChI=1S/C13H12F2N4O2/c14-10-5-11(15)13(19(20)21)6-12(10)18-4-3-9(17-18)7-16-8-1-2-8/h3-6,8,16H,1-2,7H2. The third-order valence-corrected chi connectivity index (χ3v) is 3.25. The van der Waals surface area contributed by atoms with Crippen LogP contribution in [0.25, 0.3) is 5.69 Å². The zero-order chi connectivity index (χ0) is 15.0. The molecule has 1 heterocycles. The van der Waals surface area contributed by atoms with Crippen LogP contribution >= 0.6 is 0 Å². The minimum Gasteiger partial charge on any atom is -0.308 e. The highest BCUT2D eigenvalue weighted by molar-refractivity contribution is 5.45. The van der Waals surface area contributed by atoms with Gasteiger partial charge in [0, 0.05) is 30.9 Å². The average Bonchev–Trinajstić information content (AvgIpc) is 3.14. The van der Waals surface area contributed by atoms with Crippen LogP contribution in [0.5, 0.6) is 0 Å². The maximum atomic E-state index is 13.8. The monoisotopic (exact) mass is 294 g/mol. The molecule has 3 rings (SSSR count). The Labute approximate surface area is 118 Å². The Balaban J connectivity index is 1.88. The van der Waals surface area contributed by atoms with Gasteiger partial charge in [-0.05, 0) is 18.9 Å². The fourth-order valence-corrected chi connectivity index (χ4v) is 1.97. The van der Waals surface area contributed by atoms with Crippen molar-refractivity contribution in [3.8, 4) is 5.69 Å². The van der Waals surface area contributed by atoms with Crippen molar-refractivity contribution in [1.29, 1.82) is 0 Å². The molecule has 110 valence electrons. The Hall–Kier alpha value is -2.35. The molecule has 0 unspecified atom stereocenters. The largest absolute Gasteiger partial charge is 0.308 e. The molecule has 0 radical (unpaired) electrons. The van der Waals surface area contributed by atoms with Gasteiger partial charge in [-0.15, -0.1) is 0 Å². The lowest BCUT2D eigenvalue weighted by Crippen LogP contribution is -2.15. The molecule has 0 atom stereocenters. The lowest BCUT2D eigenvalue weighted by atomic mass is 10.2. The number of benzene rings is 1. The lowest BCUT2D eigenvalue weighted by molar-refractivity contribution is -0.387. The van der Waals surface area contributed by atoms with Gasteiger partial charge in [0.15, 0.2) is 5.82 Å². The van der Waals surface area contributed by atoms with Gasteiger partial charge < -0.3 is 5.32 Å². The quantitative estimate of drug-likeness (QED) is 0.678. The maximum absolute atomic E-state index is 13.8. The van der Waals surface area contributed by atoms with Crippen LogP contribution in [0.3, 0.4) is 0 Å². The minimum absolute atomic E-state index is 0.152. The summed E-state index contributed by atoms with van der Waals surface area (Å²) in [5.74, 6) is -2.10. The van der Waals surface area contributed by atoms with Crippen LogP contribution in [0.2, 0.25) is 0 Å². The predicted molar refractivity (Wildman–Crippen MR) is 70.0 cm³/mol. The molecule has 21 heavy (non-hydrogen) atoms. The zero-order valence-electron chi connectivity index (χ0n) is 10.9. The molecule has 1 aromatic heterocycles. The fourth-order valence-electron chi connectivity index (χ4n) is 1.97. The first-order chi connectivity index (χ1) is 10.0. The van der Waals surface area contributed by atoms with Gasteiger partial charge in [0.05, 0.1) is 10.6 Å². The van der Waals surface area contributed by atoms with E-state index in [0.717, 1.165) is 18.9 Å². The van der Waals surface area contributed by atoms with Crippen LogP contribution < -0.4 is 5.32 Å². The van der Waals surface area contributed by atoms with Crippen molar-refractivity contribution in [3.05, 3.63) is 51.8 Å². The number of aromatic nitrogens is 2. The van der Waals surface area contributed by atoms with Crippen LogP contribution in [0.1, 0.15) is 18.5 Å². The maximum Gasteiger partial charge on any atom is 0.307 e. The van der Waals surface area contributed by atoms with Gasteiger partial charge in [0.25, 0.3) is 0 Å². The number of nitrogens with one attached hydrogen (secondary N) is 1. The second-order valence-electron chi connectivity index (χ2n) is 4.92. The van der Waals surface area contributed by atoms with Crippen molar-refractivity contribution in [2.75, 3.05) is 0 Å². The second-order valence-corrected chi connectivity index (χ2v) is 4.92. The Morgan fingerprint density at radius 1 is 1.38 bits per heavy atom. The van der Waals surface area contributed by atoms with Gasteiger partial charge in [0.2, 0.25) is 5.82 Å². The van der Waals surface area contributed by atoms with Crippen molar-refractivity contribution in [2.24, 2.45) is 0 Å². The van der Waals surface area contributed by atoms with Crippen molar-refractivity contribution in [2.45, 2.75) is 25.4 Å². The van der Waals surface area contributed by atoms with E-state index >= 15 is 0 Å². The van der Waals surface area contributed by atoms with Gasteiger partial charge >= 0.3 is 5.69 Å². The molecule has 1 aliphatic rings. The van der Waals surface area contributed by atoms with E-state index in [9.17, 15) is 18.9 Å². The summed E-state index contributed by atoms with van der Waals surface area (Å²) in [7, 11) is 0. The van der Waals surface area contributed by atoms with E-state index in [1.807, 2.05) is 0 Å². The van der Waals surface area contributed by atoms with E-state index in [0.29, 0.717) is 24.3 Å². The van der Waals surface area contributed by atoms with E-state index in [4.69, 9.17) is 0 Å². The third-order valence-electron chi connectivity index (χ3n) is 3.25. The highest BCUT2D eigenvalue weighted by Crippen LogP contribution is 2.24. The lowest BCUT2D eigenvalue weighted by Gasteiger charge is -2.04. The molecule has 1 saturated carbocycles. The van der Waals surface area contributed by atoms with E-state index in [-0.39, 0.29) is 5.69 Å². The van der Waals surface area contributed by atoms with Crippen LogP contribution in [0, 0.1) is 21.7 Å². The zero-order valence-corrected chi connectivity index (χ0v) is 10.9. The Morgan fingerprint density at radius 2 is 2.14 bits per heavy atom. The number of rotatable bonds is 5. The molecule has 0 aliphatic heterocycles. The smallest absolute Gasteiger partial charge is 0.307 e. The fraction of sp³-hybridized carbons (Fsp3) is 0.308. The summed E-state index contributed by atoms with van der Waals surface area (Å²) in [6.45, 7) is 0.544. The number of halogens is 2. The van der Waals surface area contributed by atoms with Gasteiger partial charge in [-0.2, -0.15) is 9.49 Å². The summed E-state index contributed by atoms with van der Waals surface area (Å²) in [5.41, 5.74) is -0.242. The number of nitrogens with zero attached hydrogens (tertiary/aromatic N) is 3. The number of hydrogen-bond donors (Lipinski definition) is 1. The molecular formula is C13H12F2N4O2. The Bertz CT molecular complexity index is 697. The van der Waals surface area contributed by atoms with Crippen LogP contribution in [-0.2, 0) is 6.54 Å². The predicted octanol–water partition coefficient (Wildman–Crippen LogP) is 2.31. The van der Waals surface area contributed by atoms with Crippen molar-refractivity contribution in [3.63, 3.8) is 0 Å². The van der Waals surface area contributed by atoms with Crippen LogP contribution in [0.4, 0.5) is 14.5 Å². The van der Waals surface area contributed by atoms with E-state index < -0.39 is 22.2 Å². The molecule has 0 bridgehead atoms. The molecular weight excluding hydrogens is 282 g/mol. The van der Waals surface area contributed by atoms with E-state index in [1.54, 1.807) is 6.07 Å². The molecule has 1 aromatic carbocycles. The Kier molecular flexibility index (Phi) is 3.38. The van der Waals surface area contributed by atoms with E-state index in [1.165, 1.54) is 10.9 Å². The summed E-state index contributed by atoms with van der Waals surface area (Å²) >= 11 is 0.